The van der Waals surface area contributed by atoms with Crippen molar-refractivity contribution in [1.82, 2.24) is 0 Å². The van der Waals surface area contributed by atoms with E-state index in [1.54, 1.807) is 12.1 Å². The fourth-order valence-electron chi connectivity index (χ4n) is 5.99. The number of hydrogen-bond donors (Lipinski definition) is 1. The van der Waals surface area contributed by atoms with Gasteiger partial charge in [0.05, 0.1) is 24.2 Å². The van der Waals surface area contributed by atoms with Crippen LogP contribution in [0.2, 0.25) is 0 Å². The minimum atomic E-state index is -4.25. The summed E-state index contributed by atoms with van der Waals surface area (Å²) in [6, 6.07) is 45.6. The van der Waals surface area contributed by atoms with Crippen molar-refractivity contribution in [2.24, 2.45) is 0 Å². The Hall–Kier alpha value is -4.15. The molecule has 47 heavy (non-hydrogen) atoms. The Morgan fingerprint density at radius 2 is 1.21 bits per heavy atom. The molecule has 4 atom stereocenters. The summed E-state index contributed by atoms with van der Waals surface area (Å²) in [5.41, 5.74) is 3.33. The van der Waals surface area contributed by atoms with Gasteiger partial charge in [-0.3, -0.25) is 4.18 Å². The first kappa shape index (κ1) is 32.8. The van der Waals surface area contributed by atoms with Gasteiger partial charge in [0.25, 0.3) is 10.1 Å². The van der Waals surface area contributed by atoms with Gasteiger partial charge in [0, 0.05) is 6.42 Å². The molecule has 0 unspecified atom stereocenters. The van der Waals surface area contributed by atoms with Gasteiger partial charge < -0.3 is 19.3 Å². The van der Waals surface area contributed by atoms with Crippen LogP contribution in [0.5, 0.6) is 0 Å². The number of aliphatic hydroxyl groups is 1. The van der Waals surface area contributed by atoms with Crippen LogP contribution >= 0.6 is 0 Å². The molecule has 1 fully saturated rings. The third-order valence-electron chi connectivity index (χ3n) is 8.36. The molecular weight excluding hydrogens is 612 g/mol. The number of rotatable bonds is 12. The molecular formula is C39H38O7S. The lowest BCUT2D eigenvalue weighted by Gasteiger charge is -2.42. The minimum absolute atomic E-state index is 0.0125. The van der Waals surface area contributed by atoms with Crippen LogP contribution in [0.25, 0.3) is 0 Å². The van der Waals surface area contributed by atoms with Crippen LogP contribution < -0.4 is 0 Å². The maximum Gasteiger partial charge on any atom is 0.297 e. The van der Waals surface area contributed by atoms with Crippen LogP contribution in [-0.2, 0) is 40.7 Å². The Morgan fingerprint density at radius 3 is 1.72 bits per heavy atom. The topological polar surface area (TPSA) is 91.3 Å². The van der Waals surface area contributed by atoms with Gasteiger partial charge in [-0.25, -0.2) is 0 Å². The second kappa shape index (κ2) is 14.7. The number of aliphatic hydroxyl groups excluding tert-OH is 1. The maximum absolute atomic E-state index is 13.7. The Bertz CT molecular complexity index is 1700. The van der Waals surface area contributed by atoms with E-state index in [4.69, 9.17) is 18.4 Å². The van der Waals surface area contributed by atoms with Crippen LogP contribution in [0.4, 0.5) is 0 Å². The zero-order valence-electron chi connectivity index (χ0n) is 26.1. The molecule has 1 N–H and O–H groups in total. The number of ether oxygens (including phenoxy) is 3. The summed E-state index contributed by atoms with van der Waals surface area (Å²) in [6.45, 7) is 1.94. The fourth-order valence-corrected chi connectivity index (χ4v) is 7.11. The number of aryl methyl sites for hydroxylation is 1. The van der Waals surface area contributed by atoms with E-state index in [1.807, 2.05) is 128 Å². The van der Waals surface area contributed by atoms with Gasteiger partial charge in [-0.05, 0) is 41.3 Å². The number of hydrogen-bond acceptors (Lipinski definition) is 7. The second-order valence-corrected chi connectivity index (χ2v) is 13.2. The summed E-state index contributed by atoms with van der Waals surface area (Å²) >= 11 is 0. The number of benzene rings is 5. The van der Waals surface area contributed by atoms with Crippen molar-refractivity contribution in [2.75, 3.05) is 6.61 Å². The molecule has 8 heteroatoms. The van der Waals surface area contributed by atoms with Gasteiger partial charge in [-0.1, -0.05) is 139 Å². The second-order valence-electron chi connectivity index (χ2n) is 11.6. The summed E-state index contributed by atoms with van der Waals surface area (Å²) in [7, 11) is -4.25. The minimum Gasteiger partial charge on any atom is -0.370 e. The largest absolute Gasteiger partial charge is 0.370 e. The van der Waals surface area contributed by atoms with Crippen LogP contribution in [-0.4, -0.2) is 44.7 Å². The lowest BCUT2D eigenvalue weighted by Crippen LogP contribution is -2.54. The lowest BCUT2D eigenvalue weighted by atomic mass is 9.80. The SMILES string of the molecule is Cc1ccc(S(=O)(=O)O[C@H]2[C@@H](OCc3ccccc3)C[C@@H](O)O[C@@H]2COC(c2ccccc2)(c2ccccc2)c2ccccc2)cc1. The Balaban J connectivity index is 1.38. The smallest absolute Gasteiger partial charge is 0.297 e. The summed E-state index contributed by atoms with van der Waals surface area (Å²) in [5, 5.41) is 10.9. The highest BCUT2D eigenvalue weighted by Gasteiger charge is 2.46. The Kier molecular flexibility index (Phi) is 10.3. The normalized spacial score (nSPS) is 20.1. The first-order valence-electron chi connectivity index (χ1n) is 15.6. The molecule has 6 rings (SSSR count). The summed E-state index contributed by atoms with van der Waals surface area (Å²) in [5.74, 6) is 0. The summed E-state index contributed by atoms with van der Waals surface area (Å²) in [4.78, 5) is 0.0166. The molecule has 5 aromatic rings. The maximum atomic E-state index is 13.7. The molecule has 1 aliphatic heterocycles. The van der Waals surface area contributed by atoms with Gasteiger partial charge in [0.2, 0.25) is 0 Å². The van der Waals surface area contributed by atoms with Crippen LogP contribution in [0.15, 0.2) is 150 Å². The van der Waals surface area contributed by atoms with Gasteiger partial charge in [-0.2, -0.15) is 8.42 Å². The van der Waals surface area contributed by atoms with Crippen molar-refractivity contribution in [1.29, 1.82) is 0 Å². The average Bonchev–Trinajstić information content (AvgIpc) is 3.11. The van der Waals surface area contributed by atoms with E-state index >= 15 is 0 Å². The van der Waals surface area contributed by atoms with Gasteiger partial charge in [-0.15, -0.1) is 0 Å². The molecule has 0 spiro atoms. The fraction of sp³-hybridized carbons (Fsp3) is 0.231. The van der Waals surface area contributed by atoms with Gasteiger partial charge in [0.15, 0.2) is 6.29 Å². The molecule has 1 heterocycles. The molecule has 242 valence electrons. The van der Waals surface area contributed by atoms with Crippen molar-refractivity contribution in [2.45, 2.75) is 55.0 Å². The molecule has 0 aromatic heterocycles. The summed E-state index contributed by atoms with van der Waals surface area (Å²) < 4.78 is 52.7. The van der Waals surface area contributed by atoms with Crippen molar-refractivity contribution < 1.29 is 31.9 Å². The molecule has 1 aliphatic rings. The van der Waals surface area contributed by atoms with E-state index in [-0.39, 0.29) is 24.5 Å². The quantitative estimate of drug-likeness (QED) is 0.118. The highest BCUT2D eigenvalue weighted by molar-refractivity contribution is 7.86. The third kappa shape index (κ3) is 7.55. The first-order chi connectivity index (χ1) is 22.8. The van der Waals surface area contributed by atoms with Gasteiger partial charge >= 0.3 is 0 Å². The van der Waals surface area contributed by atoms with E-state index in [0.29, 0.717) is 0 Å². The van der Waals surface area contributed by atoms with E-state index in [2.05, 4.69) is 0 Å². The van der Waals surface area contributed by atoms with E-state index in [9.17, 15) is 13.5 Å². The predicted octanol–water partition coefficient (Wildman–Crippen LogP) is 6.77. The standard InChI is InChI=1S/C39H38O7S/c1-29-22-24-34(25-23-29)47(41,42)46-38-35(43-27-30-14-6-2-7-15-30)26-37(40)45-36(38)28-44-39(31-16-8-3-9-17-31,32-18-10-4-11-19-32)33-20-12-5-13-21-33/h2-25,35-38,40H,26-28H2,1H3/t35-,36+,37-,38-/m0/s1. The molecule has 7 nitrogen and oxygen atoms in total. The van der Waals surface area contributed by atoms with Crippen LogP contribution in [0.3, 0.4) is 0 Å². The van der Waals surface area contributed by atoms with Crippen molar-refractivity contribution in [3.8, 4) is 0 Å². The summed E-state index contributed by atoms with van der Waals surface area (Å²) in [6.07, 6.45) is -4.19. The van der Waals surface area contributed by atoms with Crippen molar-refractivity contribution >= 4 is 10.1 Å². The van der Waals surface area contributed by atoms with E-state index in [0.717, 1.165) is 27.8 Å². The predicted molar refractivity (Wildman–Crippen MR) is 179 cm³/mol. The highest BCUT2D eigenvalue weighted by atomic mass is 32.2. The zero-order chi connectivity index (χ0) is 32.7. The molecule has 0 bridgehead atoms. The zero-order valence-corrected chi connectivity index (χ0v) is 26.9. The monoisotopic (exact) mass is 650 g/mol. The molecule has 0 amide bonds. The molecule has 0 aliphatic carbocycles. The van der Waals surface area contributed by atoms with Gasteiger partial charge in [0.1, 0.15) is 17.8 Å². The molecule has 0 saturated carbocycles. The van der Waals surface area contributed by atoms with Crippen molar-refractivity contribution in [3.63, 3.8) is 0 Å². The van der Waals surface area contributed by atoms with Crippen molar-refractivity contribution in [3.05, 3.63) is 173 Å². The third-order valence-corrected chi connectivity index (χ3v) is 9.68. The molecule has 0 radical (unpaired) electrons. The molecule has 1 saturated heterocycles. The molecule has 5 aromatic carbocycles. The highest BCUT2D eigenvalue weighted by Crippen LogP contribution is 2.41. The van der Waals surface area contributed by atoms with Crippen LogP contribution in [0, 0.1) is 6.92 Å². The Labute approximate surface area is 276 Å². The Morgan fingerprint density at radius 1 is 0.723 bits per heavy atom. The van der Waals surface area contributed by atoms with Crippen LogP contribution in [0.1, 0.15) is 34.2 Å². The lowest BCUT2D eigenvalue weighted by molar-refractivity contribution is -0.251. The first-order valence-corrected chi connectivity index (χ1v) is 17.1. The van der Waals surface area contributed by atoms with E-state index in [1.165, 1.54) is 12.1 Å². The average molecular weight is 651 g/mol. The van der Waals surface area contributed by atoms with E-state index < -0.39 is 40.3 Å².